The van der Waals surface area contributed by atoms with Crippen LogP contribution in [0.25, 0.3) is 0 Å². The number of carboxylic acids is 1. The fraction of sp³-hybridized carbons (Fsp3) is 0.250. The Labute approximate surface area is 166 Å². The van der Waals surface area contributed by atoms with Crippen LogP contribution in [0.3, 0.4) is 0 Å². The van der Waals surface area contributed by atoms with E-state index >= 15 is 0 Å². The number of carbonyl (C=O) groups excluding carboxylic acids is 1. The number of aromatic nitrogens is 1. The van der Waals surface area contributed by atoms with Gasteiger partial charge in [-0.05, 0) is 24.3 Å². The Kier molecular flexibility index (Phi) is 4.94. The van der Waals surface area contributed by atoms with Gasteiger partial charge in [0.1, 0.15) is 17.4 Å². The quantitative estimate of drug-likeness (QED) is 0.714. The third-order valence-corrected chi connectivity index (χ3v) is 4.59. The molecule has 1 aromatic heterocycles. The van der Waals surface area contributed by atoms with Crippen molar-refractivity contribution in [3.05, 3.63) is 47.8 Å². The highest BCUT2D eigenvalue weighted by atomic mass is 16.5. The van der Waals surface area contributed by atoms with Crippen LogP contribution < -0.4 is 9.47 Å². The summed E-state index contributed by atoms with van der Waals surface area (Å²) in [6.45, 7) is 0.722. The number of carboxylic acid groups (broad SMARTS) is 1. The van der Waals surface area contributed by atoms with Gasteiger partial charge in [-0.3, -0.25) is 14.8 Å². The molecule has 0 unspecified atom stereocenters. The fourth-order valence-corrected chi connectivity index (χ4v) is 3.32. The number of rotatable bonds is 7. The van der Waals surface area contributed by atoms with Gasteiger partial charge in [0.25, 0.3) is 0 Å². The van der Waals surface area contributed by atoms with Gasteiger partial charge in [0.2, 0.25) is 0 Å². The molecular weight excluding hydrogens is 376 g/mol. The number of nitrogens with zero attached hydrogens (tertiary/aromatic N) is 4. The summed E-state index contributed by atoms with van der Waals surface area (Å²) < 4.78 is 10.8. The molecule has 9 heteroatoms. The number of amidine groups is 2. The number of hydrogen-bond donors (Lipinski definition) is 1. The van der Waals surface area contributed by atoms with Gasteiger partial charge in [-0.1, -0.05) is 0 Å². The van der Waals surface area contributed by atoms with Crippen LogP contribution >= 0.6 is 0 Å². The molecule has 4 rings (SSSR count). The van der Waals surface area contributed by atoms with Crippen molar-refractivity contribution in [2.75, 3.05) is 26.8 Å². The Morgan fingerprint density at radius 1 is 1.28 bits per heavy atom. The molecule has 9 nitrogen and oxygen atoms in total. The van der Waals surface area contributed by atoms with E-state index in [9.17, 15) is 9.59 Å². The highest BCUT2D eigenvalue weighted by molar-refractivity contribution is 6.21. The molecule has 0 bridgehead atoms. The Morgan fingerprint density at radius 2 is 2.14 bits per heavy atom. The lowest BCUT2D eigenvalue weighted by Gasteiger charge is -2.28. The van der Waals surface area contributed by atoms with Crippen molar-refractivity contribution < 1.29 is 24.2 Å². The second-order valence-electron chi connectivity index (χ2n) is 6.40. The van der Waals surface area contributed by atoms with E-state index in [0.29, 0.717) is 41.8 Å². The van der Waals surface area contributed by atoms with Gasteiger partial charge >= 0.3 is 5.97 Å². The molecule has 0 saturated carbocycles. The molecular formula is C20H18N4O5. The maximum atomic E-state index is 12.7. The average Bonchev–Trinajstić information content (AvgIpc) is 3.23. The third-order valence-electron chi connectivity index (χ3n) is 4.59. The minimum atomic E-state index is -1.10. The largest absolute Gasteiger partial charge is 0.491 e. The van der Waals surface area contributed by atoms with Gasteiger partial charge in [-0.2, -0.15) is 0 Å². The van der Waals surface area contributed by atoms with Crippen LogP contribution in [0.5, 0.6) is 11.5 Å². The van der Waals surface area contributed by atoms with Gasteiger partial charge in [0.05, 0.1) is 20.1 Å². The van der Waals surface area contributed by atoms with Crippen LogP contribution in [0.15, 0.2) is 46.6 Å². The standard InChI is InChI=1S/C20H18N4O5/c1-28-19-15(29-11-17(26)27)5-4-13-18(19)23-16(24-8-7-22-20(13)24)9-14(25)12-3-2-6-21-10-12/h2-6,10H,7-9,11H2,1H3,(H,26,27). The molecule has 2 aliphatic heterocycles. The van der Waals surface area contributed by atoms with Gasteiger partial charge in [0, 0.05) is 30.1 Å². The number of Topliss-reactive ketones (excluding diaryl/α,β-unsaturated/α-hetero) is 1. The van der Waals surface area contributed by atoms with E-state index in [2.05, 4.69) is 15.0 Å². The molecule has 1 aromatic carbocycles. The monoisotopic (exact) mass is 394 g/mol. The lowest BCUT2D eigenvalue weighted by atomic mass is 10.0. The molecule has 1 N–H and O–H groups in total. The van der Waals surface area contributed by atoms with E-state index in [4.69, 9.17) is 14.6 Å². The van der Waals surface area contributed by atoms with Crippen LogP contribution in [0, 0.1) is 0 Å². The number of benzene rings is 1. The molecule has 0 saturated heterocycles. The number of hydrogen-bond acceptors (Lipinski definition) is 8. The first-order chi connectivity index (χ1) is 14.1. The van der Waals surface area contributed by atoms with Gasteiger partial charge in [-0.25, -0.2) is 9.79 Å². The molecule has 29 heavy (non-hydrogen) atoms. The molecule has 0 atom stereocenters. The number of ketones is 1. The Hall–Kier alpha value is -3.75. The van der Waals surface area contributed by atoms with Crippen molar-refractivity contribution in [2.45, 2.75) is 6.42 Å². The van der Waals surface area contributed by atoms with Crippen LogP contribution in [0.2, 0.25) is 0 Å². The second-order valence-corrected chi connectivity index (χ2v) is 6.40. The summed E-state index contributed by atoms with van der Waals surface area (Å²) in [5.41, 5.74) is 1.73. The van der Waals surface area contributed by atoms with Crippen molar-refractivity contribution in [1.82, 2.24) is 9.88 Å². The Balaban J connectivity index is 1.73. The van der Waals surface area contributed by atoms with Crippen LogP contribution in [0.4, 0.5) is 5.69 Å². The molecule has 0 radical (unpaired) electrons. The average molecular weight is 394 g/mol. The van der Waals surface area contributed by atoms with Crippen molar-refractivity contribution in [3.8, 4) is 11.5 Å². The first-order valence-corrected chi connectivity index (χ1v) is 8.97. The summed E-state index contributed by atoms with van der Waals surface area (Å²) in [7, 11) is 1.46. The Bertz CT molecular complexity index is 1030. The lowest BCUT2D eigenvalue weighted by Crippen LogP contribution is -2.38. The summed E-state index contributed by atoms with van der Waals surface area (Å²) in [5.74, 6) is 0.640. The van der Waals surface area contributed by atoms with E-state index in [1.807, 2.05) is 4.90 Å². The zero-order valence-corrected chi connectivity index (χ0v) is 15.7. The van der Waals surface area contributed by atoms with E-state index in [0.717, 1.165) is 5.56 Å². The van der Waals surface area contributed by atoms with Crippen LogP contribution in [0.1, 0.15) is 22.3 Å². The van der Waals surface area contributed by atoms with Crippen molar-refractivity contribution in [3.63, 3.8) is 0 Å². The highest BCUT2D eigenvalue weighted by Gasteiger charge is 2.33. The first-order valence-electron chi connectivity index (χ1n) is 8.97. The minimum absolute atomic E-state index is 0.0769. The molecule has 0 amide bonds. The maximum absolute atomic E-state index is 12.7. The first kappa shape index (κ1) is 18.6. The number of pyridine rings is 1. The van der Waals surface area contributed by atoms with Gasteiger partial charge in [-0.15, -0.1) is 0 Å². The predicted octanol–water partition coefficient (Wildman–Crippen LogP) is 1.93. The van der Waals surface area contributed by atoms with Crippen molar-refractivity contribution in [1.29, 1.82) is 0 Å². The molecule has 148 valence electrons. The number of carbonyl (C=O) groups is 2. The van der Waals surface area contributed by atoms with Crippen LogP contribution in [-0.2, 0) is 4.79 Å². The molecule has 3 heterocycles. The van der Waals surface area contributed by atoms with Crippen molar-refractivity contribution >= 4 is 29.1 Å². The number of ether oxygens (including phenoxy) is 2. The summed E-state index contributed by atoms with van der Waals surface area (Å²) in [5, 5.41) is 8.89. The third kappa shape index (κ3) is 3.54. The predicted molar refractivity (Wildman–Crippen MR) is 105 cm³/mol. The van der Waals surface area contributed by atoms with Gasteiger partial charge < -0.3 is 19.5 Å². The number of fused-ring (bicyclic) bond motifs is 3. The molecule has 0 fully saturated rings. The van der Waals surface area contributed by atoms with E-state index in [1.54, 1.807) is 30.5 Å². The van der Waals surface area contributed by atoms with E-state index in [-0.39, 0.29) is 18.0 Å². The van der Waals surface area contributed by atoms with E-state index < -0.39 is 12.6 Å². The normalized spacial score (nSPS) is 14.4. The van der Waals surface area contributed by atoms with E-state index in [1.165, 1.54) is 13.3 Å². The highest BCUT2D eigenvalue weighted by Crippen LogP contribution is 2.43. The topological polar surface area (TPSA) is 114 Å². The molecule has 0 spiro atoms. The summed E-state index contributed by atoms with van der Waals surface area (Å²) in [6, 6.07) is 6.84. The number of methoxy groups -OCH3 is 1. The van der Waals surface area contributed by atoms with Crippen molar-refractivity contribution in [2.24, 2.45) is 9.98 Å². The van der Waals surface area contributed by atoms with Crippen LogP contribution in [-0.4, -0.2) is 65.2 Å². The SMILES string of the molecule is COc1c(OCC(=O)O)ccc2c1N=C(CC(=O)c1cccnc1)N1CCN=C21. The maximum Gasteiger partial charge on any atom is 0.341 e. The summed E-state index contributed by atoms with van der Waals surface area (Å²) in [6.07, 6.45) is 3.21. The number of aliphatic carboxylic acids is 1. The zero-order valence-electron chi connectivity index (χ0n) is 15.7. The van der Waals surface area contributed by atoms with Gasteiger partial charge in [0.15, 0.2) is 23.9 Å². The molecule has 0 aliphatic carbocycles. The number of aliphatic imine (C=N–C) groups is 2. The zero-order chi connectivity index (χ0) is 20.4. The minimum Gasteiger partial charge on any atom is -0.491 e. The second kappa shape index (κ2) is 7.70. The molecule has 2 aromatic rings. The molecule has 2 aliphatic rings. The summed E-state index contributed by atoms with van der Waals surface area (Å²) >= 11 is 0. The summed E-state index contributed by atoms with van der Waals surface area (Å²) in [4.78, 5) is 38.7. The fourth-order valence-electron chi connectivity index (χ4n) is 3.32. The Morgan fingerprint density at radius 3 is 2.86 bits per heavy atom. The lowest BCUT2D eigenvalue weighted by molar-refractivity contribution is -0.139. The smallest absolute Gasteiger partial charge is 0.341 e.